The lowest BCUT2D eigenvalue weighted by Crippen LogP contribution is -2.53. The largest absolute Gasteiger partial charge is 0.444 e. The molecule has 2 aromatic heterocycles. The maximum absolute atomic E-state index is 14.3. The number of benzene rings is 2. The van der Waals surface area contributed by atoms with E-state index in [1.54, 1.807) is 39.5 Å². The highest BCUT2D eigenvalue weighted by Crippen LogP contribution is 2.34. The summed E-state index contributed by atoms with van der Waals surface area (Å²) in [5, 5.41) is 0.343. The summed E-state index contributed by atoms with van der Waals surface area (Å²) in [6.07, 6.45) is -0.558. The van der Waals surface area contributed by atoms with E-state index in [1.807, 2.05) is 19.9 Å². The van der Waals surface area contributed by atoms with E-state index in [2.05, 4.69) is 17.1 Å². The number of carbonyl (C=O) groups is 2. The van der Waals surface area contributed by atoms with Crippen LogP contribution in [0.25, 0.3) is 10.2 Å². The summed E-state index contributed by atoms with van der Waals surface area (Å²) < 4.78 is 33.7. The topological polar surface area (TPSA) is 95.6 Å². The summed E-state index contributed by atoms with van der Waals surface area (Å²) in [6.45, 7) is 11.4. The van der Waals surface area contributed by atoms with Crippen LogP contribution in [0.5, 0.6) is 0 Å². The molecular weight excluding hydrogens is 607 g/mol. The van der Waals surface area contributed by atoms with E-state index in [9.17, 15) is 23.2 Å². The average Bonchev–Trinajstić information content (AvgIpc) is 3.29. The highest BCUT2D eigenvalue weighted by Gasteiger charge is 2.37. The molecule has 8 nitrogen and oxygen atoms in total. The first-order valence-corrected chi connectivity index (χ1v) is 16.0. The Labute approximate surface area is 262 Å². The molecule has 0 saturated carbocycles. The van der Waals surface area contributed by atoms with Gasteiger partial charge in [-0.2, -0.15) is 0 Å². The number of piperazine rings is 1. The number of aromatic nitrogens is 2. The average molecular weight is 641 g/mol. The molecule has 232 valence electrons. The molecule has 1 aliphatic rings. The number of fused-ring (bicyclic) bond motifs is 1. The Kier molecular flexibility index (Phi) is 8.86. The number of hydrogen-bond donors (Lipinski definition) is 1. The Morgan fingerprint density at radius 3 is 2.55 bits per heavy atom. The van der Waals surface area contributed by atoms with Gasteiger partial charge in [-0.3, -0.25) is 9.59 Å². The van der Waals surface area contributed by atoms with Crippen molar-refractivity contribution >= 4 is 45.3 Å². The minimum Gasteiger partial charge on any atom is -0.444 e. The molecule has 1 atom stereocenters. The summed E-state index contributed by atoms with van der Waals surface area (Å²) >= 11 is 2.70. The fourth-order valence-electron chi connectivity index (χ4n) is 5.12. The molecule has 2 amide bonds. The van der Waals surface area contributed by atoms with Crippen LogP contribution in [0, 0.1) is 32.4 Å². The van der Waals surface area contributed by atoms with Crippen LogP contribution in [0.2, 0.25) is 0 Å². The second-order valence-electron chi connectivity index (χ2n) is 11.9. The first-order chi connectivity index (χ1) is 20.7. The Morgan fingerprint density at radius 1 is 1.09 bits per heavy atom. The Morgan fingerprint density at radius 2 is 1.84 bits per heavy atom. The summed E-state index contributed by atoms with van der Waals surface area (Å²) in [5.74, 6) is -1.50. The van der Waals surface area contributed by atoms with Crippen molar-refractivity contribution in [2.24, 2.45) is 0 Å². The number of aromatic amines is 1. The van der Waals surface area contributed by atoms with Crippen LogP contribution in [0.4, 0.5) is 13.6 Å². The van der Waals surface area contributed by atoms with Crippen molar-refractivity contribution in [3.05, 3.63) is 91.3 Å². The molecule has 44 heavy (non-hydrogen) atoms. The second kappa shape index (κ2) is 12.3. The smallest absolute Gasteiger partial charge is 0.410 e. The minimum atomic E-state index is -1.05. The van der Waals surface area contributed by atoms with E-state index in [4.69, 9.17) is 9.72 Å². The molecule has 1 fully saturated rings. The molecule has 1 unspecified atom stereocenters. The van der Waals surface area contributed by atoms with Crippen LogP contribution < -0.4 is 5.56 Å². The number of carbonyl (C=O) groups excluding carboxylic acids is 2. The van der Waals surface area contributed by atoms with Crippen LogP contribution in [0.15, 0.2) is 46.1 Å². The Bertz CT molecular complexity index is 1810. The lowest BCUT2D eigenvalue weighted by molar-refractivity contribution is 0.00413. The molecule has 0 bridgehead atoms. The SMILES string of the molecule is Cc1ccc(C)c(SCc2nc3sc(C(=O)N4CCN(C(=O)OC(C)(C)C)CC4c4ccc(F)c(F)c4)c(C)c3c(=O)[nH]2)c1. The van der Waals surface area contributed by atoms with E-state index in [0.29, 0.717) is 37.8 Å². The molecule has 1 N–H and O–H groups in total. The van der Waals surface area contributed by atoms with Crippen LogP contribution in [0.1, 0.15) is 64.6 Å². The number of amides is 2. The lowest BCUT2D eigenvalue weighted by Gasteiger charge is -2.41. The number of hydrogen-bond acceptors (Lipinski definition) is 7. The van der Waals surface area contributed by atoms with Crippen molar-refractivity contribution in [3.8, 4) is 0 Å². The summed E-state index contributed by atoms with van der Waals surface area (Å²) in [7, 11) is 0. The quantitative estimate of drug-likeness (QED) is 0.238. The normalized spacial score (nSPS) is 15.6. The maximum atomic E-state index is 14.3. The molecule has 2 aromatic carbocycles. The van der Waals surface area contributed by atoms with Gasteiger partial charge < -0.3 is 19.5 Å². The van der Waals surface area contributed by atoms with Gasteiger partial charge in [-0.1, -0.05) is 23.8 Å². The molecule has 1 saturated heterocycles. The van der Waals surface area contributed by atoms with E-state index in [0.717, 1.165) is 39.5 Å². The molecule has 1 aliphatic heterocycles. The summed E-state index contributed by atoms with van der Waals surface area (Å²) in [4.78, 5) is 52.6. The van der Waals surface area contributed by atoms with Gasteiger partial charge in [0.2, 0.25) is 0 Å². The maximum Gasteiger partial charge on any atom is 0.410 e. The molecule has 4 aromatic rings. The van der Waals surface area contributed by atoms with Crippen molar-refractivity contribution in [2.75, 3.05) is 19.6 Å². The van der Waals surface area contributed by atoms with Crippen LogP contribution in [-0.2, 0) is 10.5 Å². The number of nitrogens with zero attached hydrogens (tertiary/aromatic N) is 3. The number of aryl methyl sites for hydroxylation is 3. The van der Waals surface area contributed by atoms with Crippen LogP contribution in [-0.4, -0.2) is 57.0 Å². The first kappa shape index (κ1) is 31.6. The number of thiophene rings is 1. The monoisotopic (exact) mass is 640 g/mol. The fourth-order valence-corrected chi connectivity index (χ4v) is 7.27. The predicted octanol–water partition coefficient (Wildman–Crippen LogP) is 6.91. The highest BCUT2D eigenvalue weighted by molar-refractivity contribution is 7.98. The zero-order valence-corrected chi connectivity index (χ0v) is 27.0. The van der Waals surface area contributed by atoms with E-state index >= 15 is 0 Å². The molecule has 5 rings (SSSR count). The van der Waals surface area contributed by atoms with Crippen LogP contribution in [0.3, 0.4) is 0 Å². The third kappa shape index (κ3) is 6.66. The molecule has 0 radical (unpaired) electrons. The fraction of sp³-hybridized carbons (Fsp3) is 0.375. The van der Waals surface area contributed by atoms with Gasteiger partial charge in [0, 0.05) is 24.5 Å². The number of nitrogens with one attached hydrogen (secondary N) is 1. The van der Waals surface area contributed by atoms with E-state index in [-0.39, 0.29) is 31.1 Å². The van der Waals surface area contributed by atoms with Gasteiger partial charge >= 0.3 is 6.09 Å². The molecule has 3 heterocycles. The van der Waals surface area contributed by atoms with Crippen molar-refractivity contribution in [1.82, 2.24) is 19.8 Å². The number of halogens is 2. The number of rotatable bonds is 5. The minimum absolute atomic E-state index is 0.0221. The van der Waals surface area contributed by atoms with Gasteiger partial charge in [0.25, 0.3) is 11.5 Å². The molecule has 0 aliphatic carbocycles. The van der Waals surface area contributed by atoms with Crippen LogP contribution >= 0.6 is 23.1 Å². The van der Waals surface area contributed by atoms with Crippen molar-refractivity contribution in [1.29, 1.82) is 0 Å². The Balaban J connectivity index is 1.45. The molecule has 0 spiro atoms. The van der Waals surface area contributed by atoms with Gasteiger partial charge in [0.1, 0.15) is 16.3 Å². The number of thioether (sulfide) groups is 1. The zero-order chi connectivity index (χ0) is 31.9. The highest BCUT2D eigenvalue weighted by atomic mass is 32.2. The summed E-state index contributed by atoms with van der Waals surface area (Å²) in [6, 6.07) is 8.87. The molecule has 12 heteroatoms. The van der Waals surface area contributed by atoms with Crippen molar-refractivity contribution < 1.29 is 23.1 Å². The van der Waals surface area contributed by atoms with Gasteiger partial charge in [0.05, 0.1) is 22.1 Å². The van der Waals surface area contributed by atoms with Gasteiger partial charge in [-0.15, -0.1) is 23.1 Å². The first-order valence-electron chi connectivity index (χ1n) is 14.2. The standard InChI is InChI=1S/C32H34F2N4O4S2/c1-17-7-8-18(2)24(13-17)43-16-25-35-28(39)26-19(3)27(44-29(26)36-25)30(40)38-12-11-37(31(41)42-32(4,5)6)15-23(38)20-9-10-21(33)22(34)14-20/h7-10,13-14,23H,11-12,15-16H2,1-6H3,(H,35,36,39). The van der Waals surface area contributed by atoms with Gasteiger partial charge in [0.15, 0.2) is 11.6 Å². The van der Waals surface area contributed by atoms with Crippen molar-refractivity contribution in [3.63, 3.8) is 0 Å². The lowest BCUT2D eigenvalue weighted by atomic mass is 10.0. The van der Waals surface area contributed by atoms with E-state index < -0.39 is 29.4 Å². The third-order valence-electron chi connectivity index (χ3n) is 7.37. The number of ether oxygens (including phenoxy) is 1. The van der Waals surface area contributed by atoms with Gasteiger partial charge in [-0.25, -0.2) is 18.6 Å². The second-order valence-corrected chi connectivity index (χ2v) is 13.9. The number of H-pyrrole nitrogens is 1. The van der Waals surface area contributed by atoms with Crippen molar-refractivity contribution in [2.45, 2.75) is 63.8 Å². The summed E-state index contributed by atoms with van der Waals surface area (Å²) in [5.41, 5.74) is 2.05. The third-order valence-corrected chi connectivity index (χ3v) is 9.72. The predicted molar refractivity (Wildman–Crippen MR) is 168 cm³/mol. The molecular formula is C32H34F2N4O4S2. The van der Waals surface area contributed by atoms with Gasteiger partial charge in [-0.05, 0) is 76.4 Å². The van der Waals surface area contributed by atoms with E-state index in [1.165, 1.54) is 15.9 Å². The zero-order valence-electron chi connectivity index (χ0n) is 25.4. The Hall–Kier alpha value is -3.77.